The molecule has 0 fully saturated rings. The van der Waals surface area contributed by atoms with Gasteiger partial charge in [-0.15, -0.1) is 11.3 Å². The van der Waals surface area contributed by atoms with Gasteiger partial charge in [-0.1, -0.05) is 11.3 Å². The van der Waals surface area contributed by atoms with Gasteiger partial charge in [0.2, 0.25) is 0 Å². The van der Waals surface area contributed by atoms with E-state index in [0.29, 0.717) is 11.4 Å². The van der Waals surface area contributed by atoms with Gasteiger partial charge < -0.3 is 16.0 Å². The second kappa shape index (κ2) is 6.19. The highest BCUT2D eigenvalue weighted by molar-refractivity contribution is 7.18. The van der Waals surface area contributed by atoms with E-state index < -0.39 is 0 Å². The summed E-state index contributed by atoms with van der Waals surface area (Å²) in [6.07, 6.45) is 0.726. The molecule has 0 aromatic carbocycles. The predicted octanol–water partition coefficient (Wildman–Crippen LogP) is 1.53. The SMILES string of the molecule is Cc1csc(CCNC(=O)c2sc(N(C)C)nc2N)n1. The molecule has 0 saturated heterocycles. The molecular formula is C12H17N5OS2. The van der Waals surface area contributed by atoms with Crippen LogP contribution in [0.1, 0.15) is 20.4 Å². The number of nitrogens with zero attached hydrogens (tertiary/aromatic N) is 3. The molecule has 3 N–H and O–H groups in total. The molecule has 0 spiro atoms. The lowest BCUT2D eigenvalue weighted by Crippen LogP contribution is -2.25. The first-order chi connectivity index (χ1) is 9.47. The van der Waals surface area contributed by atoms with E-state index >= 15 is 0 Å². The zero-order chi connectivity index (χ0) is 14.7. The van der Waals surface area contributed by atoms with E-state index in [1.54, 1.807) is 11.3 Å². The number of carbonyl (C=O) groups is 1. The number of aromatic nitrogens is 2. The molecule has 0 bridgehead atoms. The van der Waals surface area contributed by atoms with Gasteiger partial charge in [-0.05, 0) is 6.92 Å². The molecule has 6 nitrogen and oxygen atoms in total. The predicted molar refractivity (Wildman–Crippen MR) is 83.7 cm³/mol. The van der Waals surface area contributed by atoms with Crippen LogP contribution in [0.3, 0.4) is 0 Å². The summed E-state index contributed by atoms with van der Waals surface area (Å²) in [7, 11) is 3.73. The lowest BCUT2D eigenvalue weighted by molar-refractivity contribution is 0.0959. The van der Waals surface area contributed by atoms with Crippen LogP contribution in [0.25, 0.3) is 0 Å². The van der Waals surface area contributed by atoms with E-state index in [0.717, 1.165) is 22.3 Å². The van der Waals surface area contributed by atoms with Crippen molar-refractivity contribution in [2.24, 2.45) is 0 Å². The molecule has 1 amide bonds. The Morgan fingerprint density at radius 2 is 2.20 bits per heavy atom. The quantitative estimate of drug-likeness (QED) is 0.875. The third kappa shape index (κ3) is 3.45. The van der Waals surface area contributed by atoms with Gasteiger partial charge in [0.15, 0.2) is 5.13 Å². The molecule has 108 valence electrons. The molecule has 0 radical (unpaired) electrons. The Hall–Kier alpha value is -1.67. The number of amides is 1. The minimum atomic E-state index is -0.179. The zero-order valence-electron chi connectivity index (χ0n) is 11.6. The summed E-state index contributed by atoms with van der Waals surface area (Å²) in [6, 6.07) is 0. The summed E-state index contributed by atoms with van der Waals surface area (Å²) in [5.74, 6) is 0.0997. The number of rotatable bonds is 5. The zero-order valence-corrected chi connectivity index (χ0v) is 13.3. The van der Waals surface area contributed by atoms with Crippen LogP contribution >= 0.6 is 22.7 Å². The summed E-state index contributed by atoms with van der Waals surface area (Å²) in [4.78, 5) is 22.8. The maximum absolute atomic E-state index is 12.0. The van der Waals surface area contributed by atoms with Crippen molar-refractivity contribution >= 4 is 39.5 Å². The van der Waals surface area contributed by atoms with Gasteiger partial charge in [-0.25, -0.2) is 9.97 Å². The van der Waals surface area contributed by atoms with Crippen LogP contribution < -0.4 is 16.0 Å². The summed E-state index contributed by atoms with van der Waals surface area (Å²) < 4.78 is 0. The number of hydrogen-bond acceptors (Lipinski definition) is 7. The lowest BCUT2D eigenvalue weighted by Gasteiger charge is -2.05. The number of nitrogens with one attached hydrogen (secondary N) is 1. The lowest BCUT2D eigenvalue weighted by atomic mass is 10.4. The summed E-state index contributed by atoms with van der Waals surface area (Å²) >= 11 is 2.90. The number of nitrogens with two attached hydrogens (primary N) is 1. The molecule has 20 heavy (non-hydrogen) atoms. The molecule has 0 aliphatic rings. The van der Waals surface area contributed by atoms with Gasteiger partial charge in [-0.2, -0.15) is 0 Å². The van der Waals surface area contributed by atoms with Gasteiger partial charge in [-0.3, -0.25) is 4.79 Å². The second-order valence-corrected chi connectivity index (χ2v) is 6.41. The Labute approximate surface area is 125 Å². The highest BCUT2D eigenvalue weighted by Crippen LogP contribution is 2.26. The Morgan fingerprint density at radius 1 is 1.45 bits per heavy atom. The molecule has 0 atom stereocenters. The van der Waals surface area contributed by atoms with Crippen LogP contribution in [0.15, 0.2) is 5.38 Å². The van der Waals surface area contributed by atoms with Crippen LogP contribution in [-0.2, 0) is 6.42 Å². The van der Waals surface area contributed by atoms with Gasteiger partial charge in [0.05, 0.1) is 5.01 Å². The Balaban J connectivity index is 1.91. The first-order valence-corrected chi connectivity index (χ1v) is 7.80. The Kier molecular flexibility index (Phi) is 4.56. The third-order valence-corrected chi connectivity index (χ3v) is 4.79. The molecule has 2 heterocycles. The van der Waals surface area contributed by atoms with Gasteiger partial charge in [0, 0.05) is 38.1 Å². The van der Waals surface area contributed by atoms with Crippen LogP contribution in [-0.4, -0.2) is 36.5 Å². The summed E-state index contributed by atoms with van der Waals surface area (Å²) in [5.41, 5.74) is 6.78. The standard InChI is InChI=1S/C12H17N5OS2/c1-7-6-19-8(15-7)4-5-14-11(18)9-10(13)16-12(20-9)17(2)3/h6H,4-5,13H2,1-3H3,(H,14,18). The van der Waals surface area contributed by atoms with E-state index in [2.05, 4.69) is 15.3 Å². The van der Waals surface area contributed by atoms with Gasteiger partial charge >= 0.3 is 0 Å². The monoisotopic (exact) mass is 311 g/mol. The number of thiazole rings is 2. The number of carbonyl (C=O) groups excluding carboxylic acids is 1. The number of aryl methyl sites for hydroxylation is 1. The molecule has 0 aliphatic heterocycles. The average molecular weight is 311 g/mol. The van der Waals surface area contributed by atoms with E-state index in [4.69, 9.17) is 5.73 Å². The van der Waals surface area contributed by atoms with Crippen molar-refractivity contribution in [3.05, 3.63) is 21.0 Å². The van der Waals surface area contributed by atoms with Crippen molar-refractivity contribution in [2.45, 2.75) is 13.3 Å². The first-order valence-electron chi connectivity index (χ1n) is 6.10. The fourth-order valence-corrected chi connectivity index (χ4v) is 3.16. The molecule has 0 unspecified atom stereocenters. The van der Waals surface area contributed by atoms with Crippen LogP contribution in [0.5, 0.6) is 0 Å². The summed E-state index contributed by atoms with van der Waals surface area (Å²) in [5, 5.41) is 6.60. The van der Waals surface area contributed by atoms with Crippen LogP contribution in [0, 0.1) is 6.92 Å². The van der Waals surface area contributed by atoms with Crippen molar-refractivity contribution in [1.82, 2.24) is 15.3 Å². The van der Waals surface area contributed by atoms with Crippen molar-refractivity contribution in [1.29, 1.82) is 0 Å². The molecule has 8 heteroatoms. The minimum Gasteiger partial charge on any atom is -0.382 e. The maximum Gasteiger partial charge on any atom is 0.265 e. The summed E-state index contributed by atoms with van der Waals surface area (Å²) in [6.45, 7) is 2.50. The van der Waals surface area contributed by atoms with E-state index in [9.17, 15) is 4.79 Å². The van der Waals surface area contributed by atoms with Crippen LogP contribution in [0.2, 0.25) is 0 Å². The Bertz CT molecular complexity index is 605. The van der Waals surface area contributed by atoms with E-state index in [1.165, 1.54) is 11.3 Å². The maximum atomic E-state index is 12.0. The van der Waals surface area contributed by atoms with E-state index in [1.807, 2.05) is 31.3 Å². The van der Waals surface area contributed by atoms with Crippen molar-refractivity contribution < 1.29 is 4.79 Å². The molecule has 2 rings (SSSR count). The smallest absolute Gasteiger partial charge is 0.265 e. The molecule has 0 aliphatic carbocycles. The second-order valence-electron chi connectivity index (χ2n) is 4.49. The van der Waals surface area contributed by atoms with Crippen molar-refractivity contribution in [3.63, 3.8) is 0 Å². The molecule has 0 saturated carbocycles. The van der Waals surface area contributed by atoms with Gasteiger partial charge in [0.25, 0.3) is 5.91 Å². The molecule has 2 aromatic rings. The largest absolute Gasteiger partial charge is 0.382 e. The number of hydrogen-bond donors (Lipinski definition) is 2. The highest BCUT2D eigenvalue weighted by atomic mass is 32.1. The minimum absolute atomic E-state index is 0.179. The van der Waals surface area contributed by atoms with Crippen molar-refractivity contribution in [3.8, 4) is 0 Å². The topological polar surface area (TPSA) is 84.1 Å². The fourth-order valence-electron chi connectivity index (χ4n) is 1.55. The average Bonchev–Trinajstić information content (AvgIpc) is 2.95. The van der Waals surface area contributed by atoms with Crippen molar-refractivity contribution in [2.75, 3.05) is 31.3 Å². The molecular weight excluding hydrogens is 294 g/mol. The normalized spacial score (nSPS) is 10.6. The Morgan fingerprint density at radius 3 is 2.75 bits per heavy atom. The van der Waals surface area contributed by atoms with Gasteiger partial charge in [0.1, 0.15) is 10.7 Å². The first kappa shape index (κ1) is 14.7. The molecule has 2 aromatic heterocycles. The number of anilines is 2. The third-order valence-electron chi connectivity index (χ3n) is 2.52. The number of nitrogen functional groups attached to an aromatic ring is 1. The van der Waals surface area contributed by atoms with Crippen LogP contribution in [0.4, 0.5) is 10.9 Å². The van der Waals surface area contributed by atoms with E-state index in [-0.39, 0.29) is 11.7 Å². The fraction of sp³-hybridized carbons (Fsp3) is 0.417. The highest BCUT2D eigenvalue weighted by Gasteiger charge is 2.16.